The van der Waals surface area contributed by atoms with Crippen molar-refractivity contribution in [3.8, 4) is 27.9 Å². The van der Waals surface area contributed by atoms with Gasteiger partial charge in [0.25, 0.3) is 0 Å². The van der Waals surface area contributed by atoms with Gasteiger partial charge in [0.2, 0.25) is 0 Å². The summed E-state index contributed by atoms with van der Waals surface area (Å²) in [6.07, 6.45) is 9.13. The maximum absolute atomic E-state index is 2.45. The van der Waals surface area contributed by atoms with Crippen LogP contribution in [0.25, 0.3) is 87.6 Å². The molecule has 0 saturated heterocycles. The van der Waals surface area contributed by atoms with Crippen LogP contribution in [-0.2, 0) is 0 Å². The van der Waals surface area contributed by atoms with Crippen molar-refractivity contribution in [2.75, 3.05) is 4.90 Å². The number of nitrogens with zero attached hydrogens (tertiary/aromatic N) is 2. The van der Waals surface area contributed by atoms with Crippen LogP contribution in [0.3, 0.4) is 0 Å². The first-order valence-corrected chi connectivity index (χ1v) is 21.7. The van der Waals surface area contributed by atoms with Gasteiger partial charge in [-0.25, -0.2) is 0 Å². The first-order chi connectivity index (χ1) is 30.8. The molecule has 11 aromatic rings. The molecule has 0 unspecified atom stereocenters. The smallest absolute Gasteiger partial charge is 0.0541 e. The van der Waals surface area contributed by atoms with Crippen molar-refractivity contribution < 1.29 is 0 Å². The first kappa shape index (κ1) is 36.0. The largest absolute Gasteiger partial charge is 0.310 e. The highest BCUT2D eigenvalue weighted by atomic mass is 15.1. The molecule has 2 nitrogen and oxygen atoms in total. The van der Waals surface area contributed by atoms with Crippen molar-refractivity contribution in [1.29, 1.82) is 0 Å². The molecule has 0 radical (unpaired) electrons. The Morgan fingerprint density at radius 2 is 0.871 bits per heavy atom. The Morgan fingerprint density at radius 3 is 1.56 bits per heavy atom. The van der Waals surface area contributed by atoms with Crippen LogP contribution in [0, 0.1) is 0 Å². The number of hydrogen-bond acceptors (Lipinski definition) is 1. The second kappa shape index (κ2) is 15.0. The lowest BCUT2D eigenvalue weighted by molar-refractivity contribution is 1.04. The Balaban J connectivity index is 0.995. The first-order valence-electron chi connectivity index (χ1n) is 21.7. The van der Waals surface area contributed by atoms with Gasteiger partial charge in [-0.1, -0.05) is 170 Å². The lowest BCUT2D eigenvalue weighted by Crippen LogP contribution is -2.10. The lowest BCUT2D eigenvalue weighted by atomic mass is 9.94. The van der Waals surface area contributed by atoms with Crippen molar-refractivity contribution in [2.24, 2.45) is 0 Å². The number of fused-ring (bicyclic) bond motifs is 9. The highest BCUT2D eigenvalue weighted by molar-refractivity contribution is 6.25. The van der Waals surface area contributed by atoms with Crippen LogP contribution in [0.2, 0.25) is 0 Å². The SMILES string of the molecule is C1=CC(c2ccc3c(c2)c2ccccc2n3-c2ccccc2-c2ccc(N(c3ccc(-c4ccccc4)cc3)c3ccc4c5ccccc5c5ccccc5c4c3)cc2)=CCC1. The summed E-state index contributed by atoms with van der Waals surface area (Å²) < 4.78 is 2.45. The number of allylic oxidation sites excluding steroid dienone is 4. The molecule has 62 heavy (non-hydrogen) atoms. The third kappa shape index (κ3) is 6.03. The molecule has 2 heteroatoms. The summed E-state index contributed by atoms with van der Waals surface area (Å²) in [5, 5.41) is 10.1. The molecule has 0 aliphatic heterocycles. The Labute approximate surface area is 361 Å². The monoisotopic (exact) mass is 790 g/mol. The van der Waals surface area contributed by atoms with Gasteiger partial charge in [0, 0.05) is 33.4 Å². The predicted octanol–water partition coefficient (Wildman–Crippen LogP) is 16.8. The number of anilines is 3. The molecular weight excluding hydrogens is 749 g/mol. The quantitative estimate of drug-likeness (QED) is 0.146. The molecular formula is C60H42N2. The Hall–Kier alpha value is -7.94. The summed E-state index contributed by atoms with van der Waals surface area (Å²) in [7, 11) is 0. The van der Waals surface area contributed by atoms with Gasteiger partial charge in [-0.2, -0.15) is 0 Å². The van der Waals surface area contributed by atoms with Crippen LogP contribution in [0.1, 0.15) is 18.4 Å². The van der Waals surface area contributed by atoms with E-state index in [-0.39, 0.29) is 0 Å². The fraction of sp³-hybridized carbons (Fsp3) is 0.0333. The van der Waals surface area contributed by atoms with E-state index in [1.165, 1.54) is 87.5 Å². The number of para-hydroxylation sites is 2. The number of rotatable bonds is 7. The molecule has 10 aromatic carbocycles. The van der Waals surface area contributed by atoms with Crippen molar-refractivity contribution in [1.82, 2.24) is 4.57 Å². The van der Waals surface area contributed by atoms with Crippen molar-refractivity contribution in [2.45, 2.75) is 12.8 Å². The zero-order valence-corrected chi connectivity index (χ0v) is 34.2. The van der Waals surface area contributed by atoms with E-state index in [2.05, 4.69) is 240 Å². The van der Waals surface area contributed by atoms with Gasteiger partial charge in [0.1, 0.15) is 0 Å². The van der Waals surface area contributed by atoms with Gasteiger partial charge in [0.05, 0.1) is 16.7 Å². The Kier molecular flexibility index (Phi) is 8.67. The van der Waals surface area contributed by atoms with Gasteiger partial charge >= 0.3 is 0 Å². The van der Waals surface area contributed by atoms with Crippen molar-refractivity contribution >= 4 is 76.8 Å². The molecule has 1 aliphatic carbocycles. The summed E-state index contributed by atoms with van der Waals surface area (Å²) in [6.45, 7) is 0. The van der Waals surface area contributed by atoms with E-state index in [4.69, 9.17) is 0 Å². The van der Waals surface area contributed by atoms with Gasteiger partial charge in [-0.3, -0.25) is 0 Å². The summed E-state index contributed by atoms with van der Waals surface area (Å²) in [5.41, 5.74) is 14.2. The molecule has 1 aliphatic rings. The summed E-state index contributed by atoms with van der Waals surface area (Å²) >= 11 is 0. The second-order valence-electron chi connectivity index (χ2n) is 16.4. The van der Waals surface area contributed by atoms with Gasteiger partial charge in [-0.05, 0) is 134 Å². The van der Waals surface area contributed by atoms with Crippen molar-refractivity contribution in [3.05, 3.63) is 236 Å². The highest BCUT2D eigenvalue weighted by Gasteiger charge is 2.19. The minimum absolute atomic E-state index is 1.09. The van der Waals surface area contributed by atoms with E-state index in [0.717, 1.165) is 35.6 Å². The number of hydrogen-bond donors (Lipinski definition) is 0. The van der Waals surface area contributed by atoms with E-state index in [9.17, 15) is 0 Å². The van der Waals surface area contributed by atoms with Gasteiger partial charge in [-0.15, -0.1) is 0 Å². The van der Waals surface area contributed by atoms with E-state index in [1.54, 1.807) is 0 Å². The Morgan fingerprint density at radius 1 is 0.339 bits per heavy atom. The number of aromatic nitrogens is 1. The summed E-state index contributed by atoms with van der Waals surface area (Å²) in [4.78, 5) is 2.40. The molecule has 12 rings (SSSR count). The van der Waals surface area contributed by atoms with Crippen LogP contribution in [0.5, 0.6) is 0 Å². The van der Waals surface area contributed by atoms with Crippen LogP contribution in [-0.4, -0.2) is 4.57 Å². The average Bonchev–Trinajstić information content (AvgIpc) is 3.69. The van der Waals surface area contributed by atoms with Crippen LogP contribution in [0.15, 0.2) is 231 Å². The normalized spacial score (nSPS) is 12.7. The molecule has 0 N–H and O–H groups in total. The second-order valence-corrected chi connectivity index (χ2v) is 16.4. The van der Waals surface area contributed by atoms with Crippen LogP contribution < -0.4 is 4.90 Å². The molecule has 1 heterocycles. The van der Waals surface area contributed by atoms with Crippen LogP contribution in [0.4, 0.5) is 17.1 Å². The van der Waals surface area contributed by atoms with Gasteiger partial charge < -0.3 is 9.47 Å². The number of benzene rings is 10. The molecule has 0 fully saturated rings. The fourth-order valence-corrected chi connectivity index (χ4v) is 9.86. The zero-order chi connectivity index (χ0) is 41.0. The van der Waals surface area contributed by atoms with E-state index >= 15 is 0 Å². The standard InChI is InChI=1S/C60H42N2/c1-3-15-41(16-4-1)43-27-32-46(33-28-43)61(48-36-37-54-52-22-8-7-20-50(52)51-21-9-10-23-53(51)56(54)40-48)47-34-29-44(30-35-47)49-19-11-13-25-58(49)62-59-26-14-12-24-55(59)57-39-45(31-38-60(57)62)42-17-5-2-6-18-42/h1,3-5,7-40H,2,6H2. The predicted molar refractivity (Wildman–Crippen MR) is 265 cm³/mol. The maximum atomic E-state index is 2.45. The van der Waals surface area contributed by atoms with E-state index in [1.807, 2.05) is 0 Å². The molecule has 292 valence electrons. The molecule has 0 bridgehead atoms. The molecule has 0 amide bonds. The highest BCUT2D eigenvalue weighted by Crippen LogP contribution is 2.43. The average molecular weight is 791 g/mol. The molecule has 0 saturated carbocycles. The third-order valence-corrected chi connectivity index (χ3v) is 12.8. The maximum Gasteiger partial charge on any atom is 0.0541 e. The molecule has 0 spiro atoms. The zero-order valence-electron chi connectivity index (χ0n) is 34.2. The summed E-state index contributed by atoms with van der Waals surface area (Å²) in [6, 6.07) is 78.0. The Bertz CT molecular complexity index is 3520. The van der Waals surface area contributed by atoms with E-state index < -0.39 is 0 Å². The minimum Gasteiger partial charge on any atom is -0.310 e. The third-order valence-electron chi connectivity index (χ3n) is 12.8. The van der Waals surface area contributed by atoms with Gasteiger partial charge in [0.15, 0.2) is 0 Å². The molecule has 1 aromatic heterocycles. The molecule has 0 atom stereocenters. The minimum atomic E-state index is 1.09. The van der Waals surface area contributed by atoms with Crippen LogP contribution >= 0.6 is 0 Å². The van der Waals surface area contributed by atoms with E-state index in [0.29, 0.717) is 0 Å². The summed E-state index contributed by atoms with van der Waals surface area (Å²) in [5.74, 6) is 0. The topological polar surface area (TPSA) is 8.17 Å². The fourth-order valence-electron chi connectivity index (χ4n) is 9.86. The van der Waals surface area contributed by atoms with Crippen molar-refractivity contribution in [3.63, 3.8) is 0 Å². The lowest BCUT2D eigenvalue weighted by Gasteiger charge is -2.27.